The highest BCUT2D eigenvalue weighted by atomic mass is 79.9. The molecular formula is C21H23BrN8O2S2. The van der Waals surface area contributed by atoms with E-state index in [4.69, 9.17) is 10.7 Å². The van der Waals surface area contributed by atoms with Crippen LogP contribution in [0.4, 0.5) is 22.5 Å². The van der Waals surface area contributed by atoms with Crippen LogP contribution in [-0.4, -0.2) is 40.1 Å². The first-order valence-electron chi connectivity index (χ1n) is 10.7. The van der Waals surface area contributed by atoms with Crippen molar-refractivity contribution in [2.75, 3.05) is 15.4 Å². The average molecular weight is 564 g/mol. The molecular weight excluding hydrogens is 540 g/mol. The monoisotopic (exact) mass is 562 g/mol. The van der Waals surface area contributed by atoms with Crippen LogP contribution in [0, 0.1) is 0 Å². The molecule has 1 saturated carbocycles. The predicted octanol–water partition coefficient (Wildman–Crippen LogP) is 4.17. The van der Waals surface area contributed by atoms with E-state index in [2.05, 4.69) is 41.4 Å². The van der Waals surface area contributed by atoms with Crippen molar-refractivity contribution in [1.29, 1.82) is 0 Å². The number of benzene rings is 1. The zero-order valence-corrected chi connectivity index (χ0v) is 21.2. The molecule has 0 bridgehead atoms. The van der Waals surface area contributed by atoms with Gasteiger partial charge in [0, 0.05) is 35.4 Å². The highest BCUT2D eigenvalue weighted by molar-refractivity contribution is 9.10. The van der Waals surface area contributed by atoms with E-state index in [1.807, 2.05) is 6.07 Å². The zero-order chi connectivity index (χ0) is 23.7. The van der Waals surface area contributed by atoms with Gasteiger partial charge in [-0.05, 0) is 65.9 Å². The third-order valence-electron chi connectivity index (χ3n) is 5.64. The molecule has 5 N–H and O–H groups in total. The highest BCUT2D eigenvalue weighted by Gasteiger charge is 2.20. The standard InChI is InChI=1S/C21H23BrN8O2S2/c22-17-12-25-30-19(11-18(28-20(17)30)26-14-3-1-13(23)2-4-14)27-15-5-7-16(8-6-15)34(31,32)29-21-24-9-10-33-21/h5-14,27H,1-4,23H2,(H,24,29)(H,26,28). The van der Waals surface area contributed by atoms with Crippen molar-refractivity contribution in [2.45, 2.75) is 42.7 Å². The van der Waals surface area contributed by atoms with Crippen molar-refractivity contribution in [3.8, 4) is 0 Å². The van der Waals surface area contributed by atoms with Gasteiger partial charge in [0.2, 0.25) is 0 Å². The van der Waals surface area contributed by atoms with Crippen LogP contribution in [-0.2, 0) is 10.0 Å². The fourth-order valence-corrected chi connectivity index (χ4v) is 6.02. The molecule has 0 atom stereocenters. The van der Waals surface area contributed by atoms with Gasteiger partial charge in [-0.25, -0.2) is 18.4 Å². The van der Waals surface area contributed by atoms with Crippen molar-refractivity contribution in [2.24, 2.45) is 5.73 Å². The van der Waals surface area contributed by atoms with Crippen molar-refractivity contribution >= 4 is 65.4 Å². The van der Waals surface area contributed by atoms with E-state index in [9.17, 15) is 8.42 Å². The molecule has 178 valence electrons. The summed E-state index contributed by atoms with van der Waals surface area (Å²) in [6, 6.07) is 8.99. The Morgan fingerprint density at radius 2 is 1.91 bits per heavy atom. The Labute approximate surface area is 209 Å². The van der Waals surface area contributed by atoms with Crippen LogP contribution in [0.15, 0.2) is 57.5 Å². The maximum absolute atomic E-state index is 12.6. The first-order chi connectivity index (χ1) is 16.4. The zero-order valence-electron chi connectivity index (χ0n) is 18.0. The van der Waals surface area contributed by atoms with Gasteiger partial charge in [0.15, 0.2) is 10.8 Å². The molecule has 4 aromatic rings. The van der Waals surface area contributed by atoms with Crippen LogP contribution in [0.1, 0.15) is 25.7 Å². The van der Waals surface area contributed by atoms with Gasteiger partial charge in [-0.1, -0.05) is 0 Å². The number of hydrogen-bond acceptors (Lipinski definition) is 9. The molecule has 0 radical (unpaired) electrons. The van der Waals surface area contributed by atoms with E-state index in [1.54, 1.807) is 46.6 Å². The van der Waals surface area contributed by atoms with Gasteiger partial charge in [-0.2, -0.15) is 9.61 Å². The van der Waals surface area contributed by atoms with Crippen LogP contribution >= 0.6 is 27.3 Å². The molecule has 1 aliphatic carbocycles. The van der Waals surface area contributed by atoms with Crippen LogP contribution in [0.2, 0.25) is 0 Å². The second-order valence-electron chi connectivity index (χ2n) is 8.10. The van der Waals surface area contributed by atoms with Gasteiger partial charge in [0.25, 0.3) is 10.0 Å². The number of hydrogen-bond donors (Lipinski definition) is 4. The Kier molecular flexibility index (Phi) is 6.42. The van der Waals surface area contributed by atoms with E-state index in [0.29, 0.717) is 28.3 Å². The fraction of sp³-hybridized carbons (Fsp3) is 0.286. The minimum Gasteiger partial charge on any atom is -0.367 e. The number of anilines is 4. The predicted molar refractivity (Wildman–Crippen MR) is 137 cm³/mol. The third-order valence-corrected chi connectivity index (χ3v) is 8.38. The van der Waals surface area contributed by atoms with Crippen LogP contribution < -0.4 is 21.1 Å². The summed E-state index contributed by atoms with van der Waals surface area (Å²) in [5.41, 5.74) is 7.42. The largest absolute Gasteiger partial charge is 0.367 e. The van der Waals surface area contributed by atoms with Crippen LogP contribution in [0.5, 0.6) is 0 Å². The lowest BCUT2D eigenvalue weighted by Gasteiger charge is -2.27. The van der Waals surface area contributed by atoms with Gasteiger partial charge in [-0.15, -0.1) is 11.3 Å². The van der Waals surface area contributed by atoms with Gasteiger partial charge in [-0.3, -0.25) is 4.72 Å². The van der Waals surface area contributed by atoms with Crippen LogP contribution in [0.25, 0.3) is 5.65 Å². The molecule has 1 aromatic carbocycles. The van der Waals surface area contributed by atoms with Gasteiger partial charge >= 0.3 is 0 Å². The minimum absolute atomic E-state index is 0.146. The maximum atomic E-state index is 12.6. The lowest BCUT2D eigenvalue weighted by molar-refractivity contribution is 0.410. The summed E-state index contributed by atoms with van der Waals surface area (Å²) in [5.74, 6) is 1.44. The molecule has 1 fully saturated rings. The van der Waals surface area contributed by atoms with Gasteiger partial charge in [0.05, 0.1) is 15.6 Å². The number of nitrogens with zero attached hydrogens (tertiary/aromatic N) is 4. The fourth-order valence-electron chi connectivity index (χ4n) is 3.88. The van der Waals surface area contributed by atoms with E-state index in [-0.39, 0.29) is 10.9 Å². The Balaban J connectivity index is 1.37. The summed E-state index contributed by atoms with van der Waals surface area (Å²) in [7, 11) is -3.71. The summed E-state index contributed by atoms with van der Waals surface area (Å²) in [4.78, 5) is 8.83. The topological polar surface area (TPSA) is 139 Å². The number of aromatic nitrogens is 4. The number of thiazole rings is 1. The molecule has 3 heterocycles. The number of sulfonamides is 1. The molecule has 1 aliphatic rings. The summed E-state index contributed by atoms with van der Waals surface area (Å²) < 4.78 is 30.1. The lowest BCUT2D eigenvalue weighted by atomic mass is 9.92. The van der Waals surface area contributed by atoms with E-state index in [1.165, 1.54) is 11.3 Å². The van der Waals surface area contributed by atoms with E-state index in [0.717, 1.165) is 36.0 Å². The normalized spacial score (nSPS) is 18.6. The SMILES string of the molecule is NC1CCC(Nc2cc(Nc3ccc(S(=O)(=O)Nc4nccs4)cc3)n3ncc(Br)c3n2)CC1. The van der Waals surface area contributed by atoms with Crippen molar-refractivity contribution in [3.63, 3.8) is 0 Å². The molecule has 34 heavy (non-hydrogen) atoms. The Morgan fingerprint density at radius 1 is 1.15 bits per heavy atom. The first kappa shape index (κ1) is 23.0. The molecule has 0 unspecified atom stereocenters. The Hall–Kier alpha value is -2.74. The first-order valence-corrected chi connectivity index (χ1v) is 13.9. The number of rotatable bonds is 7. The average Bonchev–Trinajstić information content (AvgIpc) is 3.45. The minimum atomic E-state index is -3.71. The number of fused-ring (bicyclic) bond motifs is 1. The summed E-state index contributed by atoms with van der Waals surface area (Å²) in [5, 5.41) is 13.3. The quantitative estimate of drug-likeness (QED) is 0.263. The molecule has 13 heteroatoms. The maximum Gasteiger partial charge on any atom is 0.263 e. The van der Waals surface area contributed by atoms with E-state index < -0.39 is 10.0 Å². The Bertz CT molecular complexity index is 1380. The number of nitrogens with two attached hydrogens (primary N) is 1. The van der Waals surface area contributed by atoms with Crippen molar-refractivity contribution in [3.05, 3.63) is 52.6 Å². The van der Waals surface area contributed by atoms with Gasteiger partial charge in [0.1, 0.15) is 11.6 Å². The molecule has 0 amide bonds. The smallest absolute Gasteiger partial charge is 0.263 e. The number of halogens is 1. The summed E-state index contributed by atoms with van der Waals surface area (Å²) in [6.45, 7) is 0. The lowest BCUT2D eigenvalue weighted by Crippen LogP contribution is -2.33. The third kappa shape index (κ3) is 5.02. The summed E-state index contributed by atoms with van der Waals surface area (Å²) >= 11 is 4.73. The highest BCUT2D eigenvalue weighted by Crippen LogP contribution is 2.28. The summed E-state index contributed by atoms with van der Waals surface area (Å²) in [6.07, 6.45) is 7.23. The number of nitrogens with one attached hydrogen (secondary N) is 3. The molecule has 3 aromatic heterocycles. The molecule has 0 spiro atoms. The second kappa shape index (κ2) is 9.49. The van der Waals surface area contributed by atoms with Crippen molar-refractivity contribution < 1.29 is 8.42 Å². The Morgan fingerprint density at radius 3 is 2.62 bits per heavy atom. The molecule has 0 saturated heterocycles. The molecule has 10 nitrogen and oxygen atoms in total. The second-order valence-corrected chi connectivity index (χ2v) is 11.5. The van der Waals surface area contributed by atoms with Crippen molar-refractivity contribution in [1.82, 2.24) is 19.6 Å². The van der Waals surface area contributed by atoms with Crippen LogP contribution in [0.3, 0.4) is 0 Å². The van der Waals surface area contributed by atoms with Gasteiger partial charge < -0.3 is 16.4 Å². The molecule has 0 aliphatic heterocycles. The molecule has 5 rings (SSSR count). The van der Waals surface area contributed by atoms with E-state index >= 15 is 0 Å².